The number of pyridine rings is 2. The van der Waals surface area contributed by atoms with E-state index in [1.54, 1.807) is 0 Å². The number of halogens is 1. The van der Waals surface area contributed by atoms with Crippen LogP contribution in [0.4, 0.5) is 21.6 Å². The molecule has 2 saturated heterocycles. The smallest absolute Gasteiger partial charge is 0.337 e. The SMILES string of the molecule is Cc1nc(C)c([C@H](OC(C)(C)C)C(=O)O)c(N2CCC(C)(C)CC2)c1-c1ccc2c(c1)CCN(c1cc(N3CCOCC3)cc(F)n1)C2. The first-order chi connectivity index (χ1) is 22.7. The van der Waals surface area contributed by atoms with Crippen LogP contribution in [0.15, 0.2) is 30.3 Å². The van der Waals surface area contributed by atoms with Gasteiger partial charge in [-0.05, 0) is 76.0 Å². The monoisotopic (exact) mass is 659 g/mol. The van der Waals surface area contributed by atoms with Gasteiger partial charge in [-0.2, -0.15) is 4.39 Å². The number of benzene rings is 1. The van der Waals surface area contributed by atoms with Crippen LogP contribution >= 0.6 is 0 Å². The van der Waals surface area contributed by atoms with Crippen LogP contribution in [-0.2, 0) is 27.2 Å². The molecule has 1 N–H and O–H groups in total. The molecule has 1 atom stereocenters. The molecule has 48 heavy (non-hydrogen) atoms. The minimum Gasteiger partial charge on any atom is -0.479 e. The third kappa shape index (κ3) is 7.29. The van der Waals surface area contributed by atoms with Crippen molar-refractivity contribution in [1.82, 2.24) is 9.97 Å². The van der Waals surface area contributed by atoms with E-state index in [0.29, 0.717) is 43.4 Å². The first kappa shape index (κ1) is 34.1. The first-order valence-corrected chi connectivity index (χ1v) is 17.2. The number of rotatable bonds is 7. The number of carbonyl (C=O) groups is 1. The van der Waals surface area contributed by atoms with E-state index in [2.05, 4.69) is 51.7 Å². The van der Waals surface area contributed by atoms with Crippen LogP contribution in [0.5, 0.6) is 0 Å². The maximum atomic E-state index is 14.8. The van der Waals surface area contributed by atoms with Gasteiger partial charge in [0.1, 0.15) is 5.82 Å². The van der Waals surface area contributed by atoms with Crippen molar-refractivity contribution in [2.24, 2.45) is 5.41 Å². The Kier molecular flexibility index (Phi) is 9.43. The number of carboxylic acids is 1. The van der Waals surface area contributed by atoms with Crippen LogP contribution in [0.3, 0.4) is 0 Å². The fourth-order valence-corrected chi connectivity index (χ4v) is 7.30. The van der Waals surface area contributed by atoms with Gasteiger partial charge in [0.2, 0.25) is 5.95 Å². The van der Waals surface area contributed by atoms with Crippen LogP contribution in [0, 0.1) is 25.2 Å². The van der Waals surface area contributed by atoms with Gasteiger partial charge in [-0.15, -0.1) is 0 Å². The Morgan fingerprint density at radius 2 is 1.65 bits per heavy atom. The van der Waals surface area contributed by atoms with E-state index in [-0.39, 0.29) is 5.41 Å². The van der Waals surface area contributed by atoms with Crippen molar-refractivity contribution in [3.63, 3.8) is 0 Å². The first-order valence-electron chi connectivity index (χ1n) is 17.2. The van der Waals surface area contributed by atoms with Gasteiger partial charge in [0.25, 0.3) is 0 Å². The molecule has 258 valence electrons. The van der Waals surface area contributed by atoms with E-state index in [1.165, 1.54) is 17.2 Å². The van der Waals surface area contributed by atoms with Crippen molar-refractivity contribution in [3.05, 3.63) is 64.4 Å². The molecule has 2 aromatic heterocycles. The maximum absolute atomic E-state index is 14.8. The van der Waals surface area contributed by atoms with E-state index in [1.807, 2.05) is 40.7 Å². The Balaban J connectivity index is 1.38. The molecule has 0 bridgehead atoms. The number of hydrogen-bond donors (Lipinski definition) is 1. The molecule has 10 heteroatoms. The van der Waals surface area contributed by atoms with Gasteiger partial charge in [0, 0.05) is 79.6 Å². The Bertz CT molecular complexity index is 1670. The van der Waals surface area contributed by atoms with E-state index in [0.717, 1.165) is 73.6 Å². The lowest BCUT2D eigenvalue weighted by Gasteiger charge is -2.41. The van der Waals surface area contributed by atoms with E-state index < -0.39 is 23.6 Å². The predicted molar refractivity (Wildman–Crippen MR) is 188 cm³/mol. The Morgan fingerprint density at radius 3 is 2.31 bits per heavy atom. The average Bonchev–Trinajstić information content (AvgIpc) is 3.03. The van der Waals surface area contributed by atoms with Crippen LogP contribution in [0.1, 0.15) is 81.6 Å². The molecule has 1 aromatic carbocycles. The lowest BCUT2D eigenvalue weighted by atomic mass is 9.81. The van der Waals surface area contributed by atoms with E-state index >= 15 is 0 Å². The zero-order valence-corrected chi connectivity index (χ0v) is 29.5. The highest BCUT2D eigenvalue weighted by atomic mass is 19.1. The molecule has 0 spiro atoms. The molecular weight excluding hydrogens is 609 g/mol. The quantitative estimate of drug-likeness (QED) is 0.273. The molecule has 5 heterocycles. The number of morpholine rings is 1. The second-order valence-electron chi connectivity index (χ2n) is 15.3. The topological polar surface area (TPSA) is 91.3 Å². The van der Waals surface area contributed by atoms with Gasteiger partial charge >= 0.3 is 5.97 Å². The molecule has 3 aliphatic rings. The number of aliphatic carboxylic acids is 1. The minimum atomic E-state index is -1.16. The Hall–Kier alpha value is -3.76. The van der Waals surface area contributed by atoms with Crippen LogP contribution in [0.25, 0.3) is 11.1 Å². The second-order valence-corrected chi connectivity index (χ2v) is 15.3. The number of anilines is 3. The fraction of sp³-hybridized carbons (Fsp3) is 0.553. The number of aryl methyl sites for hydroxylation is 2. The largest absolute Gasteiger partial charge is 0.479 e. The molecular formula is C38H50FN5O4. The highest BCUT2D eigenvalue weighted by Crippen LogP contribution is 2.45. The van der Waals surface area contributed by atoms with Gasteiger partial charge in [0.05, 0.1) is 24.5 Å². The number of ether oxygens (including phenoxy) is 2. The Morgan fingerprint density at radius 1 is 0.938 bits per heavy atom. The van der Waals surface area contributed by atoms with Crippen LogP contribution in [-0.4, -0.2) is 72.6 Å². The number of piperidine rings is 1. The highest BCUT2D eigenvalue weighted by molar-refractivity contribution is 5.88. The van der Waals surface area contributed by atoms with Crippen LogP contribution < -0.4 is 14.7 Å². The van der Waals surface area contributed by atoms with Gasteiger partial charge in [-0.1, -0.05) is 32.0 Å². The second kappa shape index (κ2) is 13.3. The van der Waals surface area contributed by atoms with E-state index in [4.69, 9.17) is 14.5 Å². The summed E-state index contributed by atoms with van der Waals surface area (Å²) in [4.78, 5) is 28.7. The zero-order valence-electron chi connectivity index (χ0n) is 29.5. The zero-order chi connectivity index (χ0) is 34.4. The van der Waals surface area contributed by atoms with Gasteiger partial charge in [-0.25, -0.2) is 9.78 Å². The summed E-state index contributed by atoms with van der Waals surface area (Å²) in [5, 5.41) is 10.5. The molecule has 0 radical (unpaired) electrons. The van der Waals surface area contributed by atoms with Crippen molar-refractivity contribution in [2.75, 3.05) is 60.6 Å². The molecule has 2 fully saturated rings. The molecule has 0 unspecified atom stereocenters. The normalized spacial score (nSPS) is 18.9. The van der Waals surface area contributed by atoms with Crippen molar-refractivity contribution in [2.45, 2.75) is 86.0 Å². The van der Waals surface area contributed by atoms with Crippen molar-refractivity contribution < 1.29 is 23.8 Å². The summed E-state index contributed by atoms with van der Waals surface area (Å²) < 4.78 is 26.5. The van der Waals surface area contributed by atoms with E-state index in [9.17, 15) is 14.3 Å². The third-order valence-electron chi connectivity index (χ3n) is 9.94. The summed E-state index contributed by atoms with van der Waals surface area (Å²) in [6.45, 7) is 19.9. The predicted octanol–water partition coefficient (Wildman–Crippen LogP) is 6.87. The summed E-state index contributed by atoms with van der Waals surface area (Å²) in [5.41, 5.74) is 7.87. The highest BCUT2D eigenvalue weighted by Gasteiger charge is 2.37. The van der Waals surface area contributed by atoms with Crippen molar-refractivity contribution in [1.29, 1.82) is 0 Å². The van der Waals surface area contributed by atoms with Crippen molar-refractivity contribution in [3.8, 4) is 11.1 Å². The summed E-state index contributed by atoms with van der Waals surface area (Å²) in [7, 11) is 0. The lowest BCUT2D eigenvalue weighted by Crippen LogP contribution is -2.39. The number of fused-ring (bicyclic) bond motifs is 1. The van der Waals surface area contributed by atoms with Crippen molar-refractivity contribution >= 4 is 23.2 Å². The molecule has 0 saturated carbocycles. The molecule has 9 nitrogen and oxygen atoms in total. The van der Waals surface area contributed by atoms with Gasteiger partial charge < -0.3 is 29.3 Å². The number of aromatic nitrogens is 2. The minimum absolute atomic E-state index is 0.221. The van der Waals surface area contributed by atoms with Crippen LogP contribution in [0.2, 0.25) is 0 Å². The fourth-order valence-electron chi connectivity index (χ4n) is 7.30. The summed E-state index contributed by atoms with van der Waals surface area (Å²) in [6, 6.07) is 10.0. The molecule has 0 amide bonds. The number of nitrogens with zero attached hydrogens (tertiary/aromatic N) is 5. The standard InChI is InChI=1S/C38H50FN5O4/c1-24-32(34(43-14-11-38(6,7)12-15-43)33(25(2)40-24)35(36(45)46)48-37(3,4)5)27-8-9-28-23-44(13-10-26(28)20-27)31-22-29(21-30(39)41-31)42-16-18-47-19-17-42/h8-9,20-22,35H,10-19,23H2,1-7H3,(H,45,46)/t35-/m0/s1. The average molecular weight is 660 g/mol. The Labute approximate surface area is 284 Å². The number of carboxylic acid groups (broad SMARTS) is 1. The summed E-state index contributed by atoms with van der Waals surface area (Å²) >= 11 is 0. The van der Waals surface area contributed by atoms with Gasteiger partial charge in [0.15, 0.2) is 6.10 Å². The lowest BCUT2D eigenvalue weighted by molar-refractivity contribution is -0.160. The number of hydrogen-bond acceptors (Lipinski definition) is 8. The summed E-state index contributed by atoms with van der Waals surface area (Å²) in [5.74, 6) is -0.850. The molecule has 0 aliphatic carbocycles. The van der Waals surface area contributed by atoms with Gasteiger partial charge in [-0.3, -0.25) is 4.98 Å². The molecule has 6 rings (SSSR count). The third-order valence-corrected chi connectivity index (χ3v) is 9.94. The molecule has 3 aromatic rings. The molecule has 3 aliphatic heterocycles. The maximum Gasteiger partial charge on any atom is 0.337 e. The summed E-state index contributed by atoms with van der Waals surface area (Å²) in [6.07, 6.45) is 1.63.